The van der Waals surface area contributed by atoms with Crippen molar-refractivity contribution < 1.29 is 14.6 Å². The molecule has 0 amide bonds. The van der Waals surface area contributed by atoms with E-state index in [1.165, 1.54) is 22.3 Å². The van der Waals surface area contributed by atoms with Crippen LogP contribution >= 0.6 is 0 Å². The summed E-state index contributed by atoms with van der Waals surface area (Å²) in [5.41, 5.74) is 7.46. The van der Waals surface area contributed by atoms with Gasteiger partial charge in [-0.1, -0.05) is 54.6 Å². The maximum atomic E-state index is 10.7. The van der Waals surface area contributed by atoms with Crippen molar-refractivity contribution in [1.29, 1.82) is 0 Å². The van der Waals surface area contributed by atoms with Crippen LogP contribution in [0, 0.1) is 13.8 Å². The van der Waals surface area contributed by atoms with E-state index < -0.39 is 5.97 Å². The number of ether oxygens (including phenoxy) is 1. The highest BCUT2D eigenvalue weighted by Crippen LogP contribution is 2.20. The van der Waals surface area contributed by atoms with Crippen LogP contribution in [0.2, 0.25) is 0 Å². The molecule has 3 rings (SSSR count). The Kier molecular flexibility index (Phi) is 6.49. The number of hydrogen-bond donors (Lipinski definition) is 1. The molecule has 28 heavy (non-hydrogen) atoms. The summed E-state index contributed by atoms with van der Waals surface area (Å²) in [7, 11) is 0. The van der Waals surface area contributed by atoms with Crippen LogP contribution in [0.5, 0.6) is 5.75 Å². The molecule has 0 fully saturated rings. The first-order chi connectivity index (χ1) is 13.5. The first-order valence-corrected chi connectivity index (χ1v) is 9.58. The van der Waals surface area contributed by atoms with Crippen LogP contribution in [0.1, 0.15) is 39.8 Å². The van der Waals surface area contributed by atoms with Crippen molar-refractivity contribution >= 4 is 5.97 Å². The Morgan fingerprint density at radius 2 is 1.50 bits per heavy atom. The maximum Gasteiger partial charge on any atom is 0.303 e. The van der Waals surface area contributed by atoms with Crippen molar-refractivity contribution in [2.45, 2.75) is 39.7 Å². The first-order valence-electron chi connectivity index (χ1n) is 9.58. The highest BCUT2D eigenvalue weighted by Gasteiger charge is 2.05. The Morgan fingerprint density at radius 1 is 0.857 bits per heavy atom. The molecule has 0 atom stereocenters. The summed E-state index contributed by atoms with van der Waals surface area (Å²) in [6, 6.07) is 22.6. The van der Waals surface area contributed by atoms with Gasteiger partial charge in [-0.15, -0.1) is 0 Å². The summed E-state index contributed by atoms with van der Waals surface area (Å²) in [5.74, 6) is 0.0142. The second kappa shape index (κ2) is 9.23. The number of aryl methyl sites for hydroxylation is 3. The Morgan fingerprint density at radius 3 is 2.18 bits per heavy atom. The molecule has 0 aromatic heterocycles. The molecule has 0 aliphatic carbocycles. The van der Waals surface area contributed by atoms with E-state index in [2.05, 4.69) is 56.3 Å². The average molecular weight is 374 g/mol. The Hall–Kier alpha value is -3.07. The first kappa shape index (κ1) is 19.7. The summed E-state index contributed by atoms with van der Waals surface area (Å²) in [4.78, 5) is 10.7. The van der Waals surface area contributed by atoms with Crippen LogP contribution in [0.25, 0.3) is 0 Å². The SMILES string of the molecule is Cc1cccc(C)c1Cc1cccc(COc2ccc(CCC(=O)O)cc2)c1. The predicted molar refractivity (Wildman–Crippen MR) is 112 cm³/mol. The quantitative estimate of drug-likeness (QED) is 0.567. The van der Waals surface area contributed by atoms with Crippen molar-refractivity contribution in [3.05, 3.63) is 100 Å². The van der Waals surface area contributed by atoms with Crippen molar-refractivity contribution in [3.63, 3.8) is 0 Å². The second-order valence-electron chi connectivity index (χ2n) is 7.19. The molecule has 3 heteroatoms. The van der Waals surface area contributed by atoms with E-state index in [0.29, 0.717) is 13.0 Å². The molecule has 0 heterocycles. The summed E-state index contributed by atoms with van der Waals surface area (Å²) in [5, 5.41) is 8.76. The summed E-state index contributed by atoms with van der Waals surface area (Å²) < 4.78 is 5.91. The molecule has 0 radical (unpaired) electrons. The zero-order valence-corrected chi connectivity index (χ0v) is 16.4. The van der Waals surface area contributed by atoms with Crippen LogP contribution in [0.4, 0.5) is 0 Å². The average Bonchev–Trinajstić information content (AvgIpc) is 2.69. The van der Waals surface area contributed by atoms with E-state index in [-0.39, 0.29) is 6.42 Å². The van der Waals surface area contributed by atoms with E-state index in [9.17, 15) is 4.79 Å². The summed E-state index contributed by atoms with van der Waals surface area (Å²) >= 11 is 0. The molecule has 0 bridgehead atoms. The minimum Gasteiger partial charge on any atom is -0.489 e. The number of carbonyl (C=O) groups is 1. The van der Waals surface area contributed by atoms with E-state index in [4.69, 9.17) is 9.84 Å². The lowest BCUT2D eigenvalue weighted by Gasteiger charge is -2.12. The lowest BCUT2D eigenvalue weighted by molar-refractivity contribution is -0.136. The Balaban J connectivity index is 1.61. The molecule has 144 valence electrons. The van der Waals surface area contributed by atoms with E-state index in [1.54, 1.807) is 0 Å². The van der Waals surface area contributed by atoms with Gasteiger partial charge >= 0.3 is 5.97 Å². The van der Waals surface area contributed by atoms with Crippen LogP contribution in [0.3, 0.4) is 0 Å². The van der Waals surface area contributed by atoms with Crippen molar-refractivity contribution in [3.8, 4) is 5.75 Å². The zero-order chi connectivity index (χ0) is 19.9. The third-order valence-electron chi connectivity index (χ3n) is 4.97. The van der Waals surface area contributed by atoms with Gasteiger partial charge in [0.15, 0.2) is 0 Å². The van der Waals surface area contributed by atoms with Gasteiger partial charge in [0.1, 0.15) is 12.4 Å². The zero-order valence-electron chi connectivity index (χ0n) is 16.4. The molecular formula is C25H26O3. The van der Waals surface area contributed by atoms with Gasteiger partial charge in [0.25, 0.3) is 0 Å². The predicted octanol–water partition coefficient (Wildman–Crippen LogP) is 5.49. The van der Waals surface area contributed by atoms with Crippen molar-refractivity contribution in [2.24, 2.45) is 0 Å². The lowest BCUT2D eigenvalue weighted by atomic mass is 9.95. The molecule has 0 aliphatic heterocycles. The normalized spacial score (nSPS) is 10.6. The molecule has 0 aliphatic rings. The molecule has 3 aromatic carbocycles. The Labute approximate surface area is 166 Å². The molecular weight excluding hydrogens is 348 g/mol. The minimum atomic E-state index is -0.777. The fourth-order valence-electron chi connectivity index (χ4n) is 3.33. The number of benzene rings is 3. The van der Waals surface area contributed by atoms with Gasteiger partial charge < -0.3 is 9.84 Å². The van der Waals surface area contributed by atoms with E-state index in [1.807, 2.05) is 24.3 Å². The maximum absolute atomic E-state index is 10.7. The molecule has 0 saturated carbocycles. The minimum absolute atomic E-state index is 0.146. The van der Waals surface area contributed by atoms with Gasteiger partial charge in [0.05, 0.1) is 0 Å². The third kappa shape index (κ3) is 5.46. The van der Waals surface area contributed by atoms with Gasteiger partial charge in [0, 0.05) is 6.42 Å². The lowest BCUT2D eigenvalue weighted by Crippen LogP contribution is -1.99. The third-order valence-corrected chi connectivity index (χ3v) is 4.97. The number of carboxylic acid groups (broad SMARTS) is 1. The number of aliphatic carboxylic acids is 1. The van der Waals surface area contributed by atoms with Crippen LogP contribution in [-0.4, -0.2) is 11.1 Å². The fourth-order valence-corrected chi connectivity index (χ4v) is 3.33. The van der Waals surface area contributed by atoms with Gasteiger partial charge in [-0.25, -0.2) is 0 Å². The van der Waals surface area contributed by atoms with Crippen LogP contribution < -0.4 is 4.74 Å². The fraction of sp³-hybridized carbons (Fsp3) is 0.240. The summed E-state index contributed by atoms with van der Waals surface area (Å²) in [6.45, 7) is 4.83. The number of rotatable bonds is 8. The van der Waals surface area contributed by atoms with E-state index in [0.717, 1.165) is 23.3 Å². The highest BCUT2D eigenvalue weighted by atomic mass is 16.5. The molecule has 0 spiro atoms. The topological polar surface area (TPSA) is 46.5 Å². The molecule has 1 N–H and O–H groups in total. The molecule has 3 nitrogen and oxygen atoms in total. The second-order valence-corrected chi connectivity index (χ2v) is 7.19. The smallest absolute Gasteiger partial charge is 0.303 e. The van der Waals surface area contributed by atoms with Gasteiger partial charge in [0.2, 0.25) is 0 Å². The molecule has 0 saturated heterocycles. The number of carboxylic acids is 1. The molecule has 3 aromatic rings. The Bertz CT molecular complexity index is 922. The van der Waals surface area contributed by atoms with Gasteiger partial charge in [-0.05, 0) is 72.2 Å². The summed E-state index contributed by atoms with van der Waals surface area (Å²) in [6.07, 6.45) is 1.61. The highest BCUT2D eigenvalue weighted by molar-refractivity contribution is 5.67. The largest absolute Gasteiger partial charge is 0.489 e. The van der Waals surface area contributed by atoms with Crippen molar-refractivity contribution in [2.75, 3.05) is 0 Å². The van der Waals surface area contributed by atoms with E-state index >= 15 is 0 Å². The standard InChI is InChI=1S/C25H26O3/c1-18-5-3-6-19(2)24(18)16-21-7-4-8-22(15-21)17-28-23-12-9-20(10-13-23)11-14-25(26)27/h3-10,12-13,15H,11,14,16-17H2,1-2H3,(H,26,27). The van der Waals surface area contributed by atoms with Crippen LogP contribution in [0.15, 0.2) is 66.7 Å². The van der Waals surface area contributed by atoms with Gasteiger partial charge in [-0.3, -0.25) is 4.79 Å². The monoisotopic (exact) mass is 374 g/mol. The molecule has 0 unspecified atom stereocenters. The van der Waals surface area contributed by atoms with Crippen LogP contribution in [-0.2, 0) is 24.2 Å². The van der Waals surface area contributed by atoms with Crippen molar-refractivity contribution in [1.82, 2.24) is 0 Å². The number of hydrogen-bond acceptors (Lipinski definition) is 2. The van der Waals surface area contributed by atoms with Gasteiger partial charge in [-0.2, -0.15) is 0 Å².